The molecule has 2 nitrogen and oxygen atoms in total. The van der Waals surface area contributed by atoms with Crippen LogP contribution in [0.4, 0.5) is 4.39 Å². The van der Waals surface area contributed by atoms with E-state index in [1.807, 2.05) is 32.9 Å². The van der Waals surface area contributed by atoms with Crippen molar-refractivity contribution in [1.82, 2.24) is 4.98 Å². The smallest absolute Gasteiger partial charge is 0.147 e. The van der Waals surface area contributed by atoms with Gasteiger partial charge in [-0.25, -0.2) is 4.39 Å². The van der Waals surface area contributed by atoms with Crippen molar-refractivity contribution in [2.24, 2.45) is 0 Å². The van der Waals surface area contributed by atoms with Gasteiger partial charge in [0, 0.05) is 11.8 Å². The first-order valence-electron chi connectivity index (χ1n) is 5.86. The van der Waals surface area contributed by atoms with Gasteiger partial charge in [0.15, 0.2) is 0 Å². The molecule has 0 aliphatic heterocycles. The Morgan fingerprint density at radius 2 is 1.78 bits per heavy atom. The molecule has 1 atom stereocenters. The number of aliphatic hydroxyl groups excluding tert-OH is 1. The highest BCUT2D eigenvalue weighted by atomic mass is 19.1. The maximum atomic E-state index is 13.6. The third-order valence-corrected chi connectivity index (χ3v) is 3.11. The van der Waals surface area contributed by atoms with Crippen LogP contribution in [0.15, 0.2) is 30.6 Å². The minimum absolute atomic E-state index is 0.264. The molecule has 0 spiro atoms. The van der Waals surface area contributed by atoms with Gasteiger partial charge in [0.05, 0.1) is 6.20 Å². The van der Waals surface area contributed by atoms with Crippen molar-refractivity contribution in [2.75, 3.05) is 0 Å². The van der Waals surface area contributed by atoms with E-state index in [4.69, 9.17) is 0 Å². The minimum atomic E-state index is -0.950. The Morgan fingerprint density at radius 3 is 2.33 bits per heavy atom. The number of nitrogens with zero attached hydrogens (tertiary/aromatic N) is 1. The number of rotatable bonds is 2. The number of pyridine rings is 1. The minimum Gasteiger partial charge on any atom is -0.384 e. The molecule has 1 aromatic heterocycles. The van der Waals surface area contributed by atoms with Crippen molar-refractivity contribution in [1.29, 1.82) is 0 Å². The van der Waals surface area contributed by atoms with Crippen LogP contribution in [-0.4, -0.2) is 10.1 Å². The standard InChI is InChI=1S/C15H16FNO/c1-9-6-10(2)14(11(3)7-9)15(18)12-4-5-17-8-13(12)16/h4-8,15,18H,1-3H3. The third-order valence-electron chi connectivity index (χ3n) is 3.11. The summed E-state index contributed by atoms with van der Waals surface area (Å²) in [4.78, 5) is 3.69. The van der Waals surface area contributed by atoms with E-state index in [-0.39, 0.29) is 5.56 Å². The number of hydrogen-bond acceptors (Lipinski definition) is 2. The number of halogens is 1. The quantitative estimate of drug-likeness (QED) is 0.881. The molecule has 0 saturated heterocycles. The van der Waals surface area contributed by atoms with Gasteiger partial charge in [0.2, 0.25) is 0 Å². The summed E-state index contributed by atoms with van der Waals surface area (Å²) in [7, 11) is 0. The second kappa shape index (κ2) is 4.86. The molecule has 2 rings (SSSR count). The summed E-state index contributed by atoms with van der Waals surface area (Å²) in [5.41, 5.74) is 4.11. The molecular formula is C15H16FNO. The molecule has 0 amide bonds. The van der Waals surface area contributed by atoms with Crippen molar-refractivity contribution in [3.05, 3.63) is 64.2 Å². The van der Waals surface area contributed by atoms with Gasteiger partial charge >= 0.3 is 0 Å². The Hall–Kier alpha value is -1.74. The molecule has 0 saturated carbocycles. The highest BCUT2D eigenvalue weighted by Crippen LogP contribution is 2.29. The molecule has 0 radical (unpaired) electrons. The lowest BCUT2D eigenvalue weighted by atomic mass is 9.92. The van der Waals surface area contributed by atoms with Gasteiger partial charge in [0.1, 0.15) is 11.9 Å². The van der Waals surface area contributed by atoms with Crippen LogP contribution in [0.3, 0.4) is 0 Å². The van der Waals surface area contributed by atoms with Gasteiger partial charge in [-0.2, -0.15) is 0 Å². The Morgan fingerprint density at radius 1 is 1.17 bits per heavy atom. The Bertz CT molecular complexity index is 557. The molecule has 3 heteroatoms. The molecule has 0 aliphatic rings. The molecule has 1 N–H and O–H groups in total. The number of benzene rings is 1. The molecule has 1 heterocycles. The van der Waals surface area contributed by atoms with Crippen LogP contribution in [0.2, 0.25) is 0 Å². The molecule has 0 bridgehead atoms. The Kier molecular flexibility index (Phi) is 3.43. The van der Waals surface area contributed by atoms with E-state index in [9.17, 15) is 9.50 Å². The molecule has 0 fully saturated rings. The Labute approximate surface area is 106 Å². The van der Waals surface area contributed by atoms with Crippen LogP contribution >= 0.6 is 0 Å². The average Bonchev–Trinajstić information content (AvgIpc) is 2.27. The Balaban J connectivity index is 2.53. The summed E-state index contributed by atoms with van der Waals surface area (Å²) in [6.45, 7) is 5.86. The molecule has 0 aliphatic carbocycles. The summed E-state index contributed by atoms with van der Waals surface area (Å²) in [6, 6.07) is 5.49. The van der Waals surface area contributed by atoms with Gasteiger partial charge in [0.25, 0.3) is 0 Å². The van der Waals surface area contributed by atoms with Gasteiger partial charge in [-0.3, -0.25) is 4.98 Å². The monoisotopic (exact) mass is 245 g/mol. The zero-order valence-electron chi connectivity index (χ0n) is 10.7. The average molecular weight is 245 g/mol. The van der Waals surface area contributed by atoms with E-state index >= 15 is 0 Å². The molecule has 94 valence electrons. The van der Waals surface area contributed by atoms with E-state index in [0.29, 0.717) is 0 Å². The van der Waals surface area contributed by atoms with E-state index in [0.717, 1.165) is 28.5 Å². The number of aryl methyl sites for hydroxylation is 3. The third kappa shape index (κ3) is 2.27. The van der Waals surface area contributed by atoms with Crippen molar-refractivity contribution in [2.45, 2.75) is 26.9 Å². The fraction of sp³-hybridized carbons (Fsp3) is 0.267. The predicted molar refractivity (Wildman–Crippen MR) is 68.9 cm³/mol. The largest absolute Gasteiger partial charge is 0.384 e. The van der Waals surface area contributed by atoms with Crippen LogP contribution < -0.4 is 0 Å². The van der Waals surface area contributed by atoms with Crippen molar-refractivity contribution in [3.63, 3.8) is 0 Å². The van der Waals surface area contributed by atoms with Gasteiger partial charge < -0.3 is 5.11 Å². The first-order chi connectivity index (χ1) is 8.50. The fourth-order valence-corrected chi connectivity index (χ4v) is 2.39. The number of aromatic nitrogens is 1. The van der Waals surface area contributed by atoms with Gasteiger partial charge in [-0.1, -0.05) is 17.7 Å². The summed E-state index contributed by atoms with van der Waals surface area (Å²) in [5.74, 6) is -0.482. The van der Waals surface area contributed by atoms with Crippen molar-refractivity contribution >= 4 is 0 Å². The maximum absolute atomic E-state index is 13.6. The topological polar surface area (TPSA) is 33.1 Å². The predicted octanol–water partition coefficient (Wildman–Crippen LogP) is 3.23. The van der Waals surface area contributed by atoms with E-state index in [1.54, 1.807) is 0 Å². The SMILES string of the molecule is Cc1cc(C)c(C(O)c2ccncc2F)c(C)c1. The van der Waals surface area contributed by atoms with Crippen LogP contribution in [0.1, 0.15) is 33.9 Å². The number of hydrogen-bond donors (Lipinski definition) is 1. The second-order valence-electron chi connectivity index (χ2n) is 4.61. The maximum Gasteiger partial charge on any atom is 0.147 e. The van der Waals surface area contributed by atoms with Gasteiger partial charge in [-0.15, -0.1) is 0 Å². The van der Waals surface area contributed by atoms with Gasteiger partial charge in [-0.05, 0) is 43.5 Å². The summed E-state index contributed by atoms with van der Waals surface area (Å²) >= 11 is 0. The lowest BCUT2D eigenvalue weighted by molar-refractivity contribution is 0.213. The summed E-state index contributed by atoms with van der Waals surface area (Å²) in [6.07, 6.45) is 1.66. The lowest BCUT2D eigenvalue weighted by Gasteiger charge is -2.18. The zero-order chi connectivity index (χ0) is 13.3. The fourth-order valence-electron chi connectivity index (χ4n) is 2.39. The van der Waals surface area contributed by atoms with E-state index < -0.39 is 11.9 Å². The van der Waals surface area contributed by atoms with Crippen molar-refractivity contribution in [3.8, 4) is 0 Å². The molecule has 1 unspecified atom stereocenters. The van der Waals surface area contributed by atoms with Crippen LogP contribution in [0, 0.1) is 26.6 Å². The molecule has 2 aromatic rings. The zero-order valence-corrected chi connectivity index (χ0v) is 10.7. The summed E-state index contributed by atoms with van der Waals surface area (Å²) < 4.78 is 13.6. The molecule has 18 heavy (non-hydrogen) atoms. The van der Waals surface area contributed by atoms with E-state index in [1.165, 1.54) is 12.3 Å². The first kappa shape index (κ1) is 12.7. The van der Waals surface area contributed by atoms with Crippen molar-refractivity contribution < 1.29 is 9.50 Å². The second-order valence-corrected chi connectivity index (χ2v) is 4.61. The lowest BCUT2D eigenvalue weighted by Crippen LogP contribution is -2.07. The van der Waals surface area contributed by atoms with Crippen LogP contribution in [-0.2, 0) is 0 Å². The van der Waals surface area contributed by atoms with E-state index in [2.05, 4.69) is 4.98 Å². The highest BCUT2D eigenvalue weighted by molar-refractivity contribution is 5.42. The summed E-state index contributed by atoms with van der Waals surface area (Å²) in [5, 5.41) is 10.4. The normalized spacial score (nSPS) is 12.5. The molecular weight excluding hydrogens is 229 g/mol. The highest BCUT2D eigenvalue weighted by Gasteiger charge is 2.18. The number of aliphatic hydroxyl groups is 1. The molecule has 1 aromatic carbocycles. The van der Waals surface area contributed by atoms with Crippen LogP contribution in [0.5, 0.6) is 0 Å². The first-order valence-corrected chi connectivity index (χ1v) is 5.86. The van der Waals surface area contributed by atoms with Crippen LogP contribution in [0.25, 0.3) is 0 Å².